The van der Waals surface area contributed by atoms with Crippen molar-refractivity contribution < 1.29 is 0 Å². The van der Waals surface area contributed by atoms with Crippen LogP contribution in [-0.4, -0.2) is 15.0 Å². The Kier molecular flexibility index (Phi) is 3.91. The number of rotatable bonds is 3. The summed E-state index contributed by atoms with van der Waals surface area (Å²) in [5.41, 5.74) is 8.72. The molecule has 0 saturated heterocycles. The van der Waals surface area contributed by atoms with E-state index in [0.29, 0.717) is 11.6 Å². The Labute approximate surface area is 115 Å². The van der Waals surface area contributed by atoms with Crippen molar-refractivity contribution >= 4 is 21.7 Å². The van der Waals surface area contributed by atoms with Gasteiger partial charge in [0.15, 0.2) is 5.82 Å². The maximum Gasteiger partial charge on any atom is 0.180 e. The highest BCUT2D eigenvalue weighted by atomic mass is 79.9. The topological polar surface area (TPSA) is 64.7 Å². The third-order valence-electron chi connectivity index (χ3n) is 2.58. The zero-order valence-corrected chi connectivity index (χ0v) is 12.0. The monoisotopic (exact) mass is 306 g/mol. The zero-order chi connectivity index (χ0) is 13.1. The summed E-state index contributed by atoms with van der Waals surface area (Å²) in [7, 11) is 0. The number of hydrogen-bond acceptors (Lipinski definition) is 4. The third-order valence-corrected chi connectivity index (χ3v) is 3.44. The van der Waals surface area contributed by atoms with Crippen LogP contribution in [0.4, 0.5) is 5.82 Å². The van der Waals surface area contributed by atoms with Crippen molar-refractivity contribution in [3.63, 3.8) is 0 Å². The molecule has 0 saturated carbocycles. The predicted molar refractivity (Wildman–Crippen MR) is 76.1 cm³/mol. The van der Waals surface area contributed by atoms with E-state index in [0.717, 1.165) is 34.3 Å². The summed E-state index contributed by atoms with van der Waals surface area (Å²) in [5, 5.41) is 0. The second kappa shape index (κ2) is 5.44. The summed E-state index contributed by atoms with van der Waals surface area (Å²) in [6, 6.07) is 3.90. The molecule has 2 N–H and O–H groups in total. The van der Waals surface area contributed by atoms with E-state index >= 15 is 0 Å². The zero-order valence-electron chi connectivity index (χ0n) is 10.4. The van der Waals surface area contributed by atoms with Crippen molar-refractivity contribution in [2.75, 3.05) is 5.73 Å². The first kappa shape index (κ1) is 13.0. The maximum absolute atomic E-state index is 5.90. The maximum atomic E-state index is 5.90. The van der Waals surface area contributed by atoms with E-state index in [2.05, 4.69) is 37.8 Å². The van der Waals surface area contributed by atoms with Crippen molar-refractivity contribution in [2.24, 2.45) is 0 Å². The number of halogens is 1. The molecule has 2 aromatic heterocycles. The van der Waals surface area contributed by atoms with E-state index in [4.69, 9.17) is 5.73 Å². The molecule has 0 aliphatic carbocycles. The first-order valence-electron chi connectivity index (χ1n) is 5.86. The van der Waals surface area contributed by atoms with Gasteiger partial charge < -0.3 is 5.73 Å². The first-order valence-corrected chi connectivity index (χ1v) is 6.66. The Bertz CT molecular complexity index is 569. The van der Waals surface area contributed by atoms with Gasteiger partial charge in [-0.15, -0.1) is 0 Å². The fraction of sp³-hybridized carbons (Fsp3) is 0.308. The Morgan fingerprint density at radius 1 is 1.33 bits per heavy atom. The fourth-order valence-electron chi connectivity index (χ4n) is 1.69. The van der Waals surface area contributed by atoms with Crippen LogP contribution < -0.4 is 5.73 Å². The number of nitrogens with two attached hydrogens (primary N) is 1. The average molecular weight is 307 g/mol. The van der Waals surface area contributed by atoms with E-state index < -0.39 is 0 Å². The minimum absolute atomic E-state index is 0.465. The van der Waals surface area contributed by atoms with Crippen LogP contribution in [0.5, 0.6) is 0 Å². The van der Waals surface area contributed by atoms with Gasteiger partial charge in [0.05, 0.1) is 10.2 Å². The second-order valence-corrected chi connectivity index (χ2v) is 4.95. The van der Waals surface area contributed by atoms with Crippen molar-refractivity contribution in [1.29, 1.82) is 0 Å². The minimum atomic E-state index is 0.465. The molecule has 0 fully saturated rings. The molecule has 0 aliphatic heterocycles. The molecule has 0 bridgehead atoms. The number of anilines is 1. The smallest absolute Gasteiger partial charge is 0.180 e. The van der Waals surface area contributed by atoms with Crippen LogP contribution in [-0.2, 0) is 6.42 Å². The molecule has 0 spiro atoms. The number of hydrogen-bond donors (Lipinski definition) is 1. The van der Waals surface area contributed by atoms with Gasteiger partial charge in [-0.25, -0.2) is 9.97 Å². The molecule has 0 atom stereocenters. The van der Waals surface area contributed by atoms with E-state index in [1.807, 2.05) is 19.1 Å². The van der Waals surface area contributed by atoms with E-state index in [1.165, 1.54) is 0 Å². The van der Waals surface area contributed by atoms with Gasteiger partial charge in [-0.05, 0) is 47.0 Å². The van der Waals surface area contributed by atoms with Gasteiger partial charge in [-0.2, -0.15) is 0 Å². The highest BCUT2D eigenvalue weighted by molar-refractivity contribution is 9.10. The Morgan fingerprint density at radius 2 is 2.11 bits per heavy atom. The van der Waals surface area contributed by atoms with Crippen LogP contribution in [0.15, 0.2) is 22.8 Å². The van der Waals surface area contributed by atoms with Crippen LogP contribution >= 0.6 is 15.9 Å². The molecule has 0 amide bonds. The van der Waals surface area contributed by atoms with Gasteiger partial charge in [0, 0.05) is 6.20 Å². The Morgan fingerprint density at radius 3 is 2.78 bits per heavy atom. The average Bonchev–Trinajstić information content (AvgIpc) is 2.35. The van der Waals surface area contributed by atoms with Gasteiger partial charge in [0.2, 0.25) is 0 Å². The quantitative estimate of drug-likeness (QED) is 0.946. The summed E-state index contributed by atoms with van der Waals surface area (Å²) in [4.78, 5) is 13.1. The minimum Gasteiger partial charge on any atom is -0.383 e. The van der Waals surface area contributed by atoms with Crippen LogP contribution in [0.25, 0.3) is 11.5 Å². The van der Waals surface area contributed by atoms with Crippen LogP contribution in [0, 0.1) is 6.92 Å². The van der Waals surface area contributed by atoms with Crippen LogP contribution in [0.3, 0.4) is 0 Å². The first-order chi connectivity index (χ1) is 8.61. The number of nitrogens with zero attached hydrogens (tertiary/aromatic N) is 3. The fourth-order valence-corrected chi connectivity index (χ4v) is 2.06. The Balaban J connectivity index is 2.51. The molecular weight excluding hydrogens is 292 g/mol. The summed E-state index contributed by atoms with van der Waals surface area (Å²) in [5.74, 6) is 1.05. The third kappa shape index (κ3) is 2.67. The highest BCUT2D eigenvalue weighted by Gasteiger charge is 2.11. The van der Waals surface area contributed by atoms with Gasteiger partial charge in [0.1, 0.15) is 11.5 Å². The lowest BCUT2D eigenvalue weighted by molar-refractivity contribution is 0.868. The summed E-state index contributed by atoms with van der Waals surface area (Å²) < 4.78 is 0.792. The molecule has 18 heavy (non-hydrogen) atoms. The molecule has 0 unspecified atom stereocenters. The van der Waals surface area contributed by atoms with Gasteiger partial charge >= 0.3 is 0 Å². The highest BCUT2D eigenvalue weighted by Crippen LogP contribution is 2.25. The molecule has 0 radical (unpaired) electrons. The predicted octanol–water partition coefficient (Wildman–Crippen LogP) is 3.14. The molecule has 2 heterocycles. The largest absolute Gasteiger partial charge is 0.383 e. The molecule has 0 aliphatic rings. The molecule has 4 nitrogen and oxygen atoms in total. The summed E-state index contributed by atoms with van der Waals surface area (Å²) >= 11 is 3.43. The van der Waals surface area contributed by atoms with Crippen molar-refractivity contribution in [1.82, 2.24) is 15.0 Å². The lowest BCUT2D eigenvalue weighted by Gasteiger charge is -2.08. The van der Waals surface area contributed by atoms with E-state index in [-0.39, 0.29) is 0 Å². The SMILES string of the molecule is CCCc1nc(-c2cc(C)ccn2)nc(N)c1Br. The summed E-state index contributed by atoms with van der Waals surface area (Å²) in [6.07, 6.45) is 3.63. The van der Waals surface area contributed by atoms with Gasteiger partial charge in [-0.1, -0.05) is 13.3 Å². The lowest BCUT2D eigenvalue weighted by atomic mass is 10.2. The molecular formula is C13H15BrN4. The Hall–Kier alpha value is -1.49. The molecule has 2 rings (SSSR count). The van der Waals surface area contributed by atoms with Crippen molar-refractivity contribution in [3.05, 3.63) is 34.1 Å². The van der Waals surface area contributed by atoms with Gasteiger partial charge in [-0.3, -0.25) is 4.98 Å². The number of aromatic nitrogens is 3. The number of aryl methyl sites for hydroxylation is 2. The van der Waals surface area contributed by atoms with E-state index in [1.54, 1.807) is 6.20 Å². The molecule has 5 heteroatoms. The van der Waals surface area contributed by atoms with Crippen molar-refractivity contribution in [2.45, 2.75) is 26.7 Å². The van der Waals surface area contributed by atoms with Crippen LogP contribution in [0.1, 0.15) is 24.6 Å². The van der Waals surface area contributed by atoms with Crippen molar-refractivity contribution in [3.8, 4) is 11.5 Å². The number of nitrogen functional groups attached to an aromatic ring is 1. The molecule has 0 aromatic carbocycles. The number of pyridine rings is 1. The van der Waals surface area contributed by atoms with Crippen LogP contribution in [0.2, 0.25) is 0 Å². The normalized spacial score (nSPS) is 10.6. The van der Waals surface area contributed by atoms with E-state index in [9.17, 15) is 0 Å². The lowest BCUT2D eigenvalue weighted by Crippen LogP contribution is -2.03. The molecule has 2 aromatic rings. The summed E-state index contributed by atoms with van der Waals surface area (Å²) in [6.45, 7) is 4.12. The second-order valence-electron chi connectivity index (χ2n) is 4.16. The standard InChI is InChI=1S/C13H15BrN4/c1-3-4-9-11(14)12(15)18-13(17-9)10-7-8(2)5-6-16-10/h5-7H,3-4H2,1-2H3,(H2,15,17,18). The molecule has 94 valence electrons. The van der Waals surface area contributed by atoms with Gasteiger partial charge in [0.25, 0.3) is 0 Å².